The van der Waals surface area contributed by atoms with Crippen molar-refractivity contribution in [3.63, 3.8) is 0 Å². The number of anilines is 1. The summed E-state index contributed by atoms with van der Waals surface area (Å²) in [6.07, 6.45) is 3.55. The van der Waals surface area contributed by atoms with Crippen LogP contribution in [0, 0.1) is 0 Å². The van der Waals surface area contributed by atoms with Crippen LogP contribution in [0.5, 0.6) is 5.75 Å². The van der Waals surface area contributed by atoms with Gasteiger partial charge in [-0.1, -0.05) is 42.5 Å². The minimum absolute atomic E-state index is 0.0457. The molecule has 0 bridgehead atoms. The molecule has 4 heteroatoms. The maximum Gasteiger partial charge on any atom is 0.344 e. The third kappa shape index (κ3) is 5.01. The molecule has 0 aromatic heterocycles. The van der Waals surface area contributed by atoms with Gasteiger partial charge in [0.2, 0.25) is 0 Å². The normalized spacial score (nSPS) is 18.1. The van der Waals surface area contributed by atoms with Gasteiger partial charge in [-0.15, -0.1) is 0 Å². The summed E-state index contributed by atoms with van der Waals surface area (Å²) in [6.45, 7) is 5.38. The number of nitrogens with zero attached hydrogens (tertiary/aromatic N) is 1. The average molecular weight is 418 g/mol. The Morgan fingerprint density at radius 2 is 1.74 bits per heavy atom. The zero-order valence-corrected chi connectivity index (χ0v) is 18.4. The van der Waals surface area contributed by atoms with Gasteiger partial charge in [-0.25, -0.2) is 4.79 Å². The molecule has 1 saturated carbocycles. The van der Waals surface area contributed by atoms with E-state index in [0.717, 1.165) is 13.0 Å². The SMILES string of the molecule is CCOC(=O)COc1ccc(C2CCC(N(CC)c3ccc4ccccc4c3)C2)cc1. The van der Waals surface area contributed by atoms with Gasteiger partial charge in [0.1, 0.15) is 5.75 Å². The first kappa shape index (κ1) is 21.2. The second-order valence-corrected chi connectivity index (χ2v) is 8.14. The van der Waals surface area contributed by atoms with Crippen LogP contribution in [-0.4, -0.2) is 31.8 Å². The van der Waals surface area contributed by atoms with Crippen molar-refractivity contribution in [3.05, 3.63) is 72.3 Å². The summed E-state index contributed by atoms with van der Waals surface area (Å²) in [6, 6.07) is 24.1. The first-order valence-corrected chi connectivity index (χ1v) is 11.3. The van der Waals surface area contributed by atoms with Crippen LogP contribution in [0.3, 0.4) is 0 Å². The van der Waals surface area contributed by atoms with Crippen LogP contribution in [0.25, 0.3) is 10.8 Å². The van der Waals surface area contributed by atoms with Crippen LogP contribution in [-0.2, 0) is 9.53 Å². The summed E-state index contributed by atoms with van der Waals surface area (Å²) >= 11 is 0. The Morgan fingerprint density at radius 1 is 0.968 bits per heavy atom. The Bertz CT molecular complexity index is 1010. The molecule has 3 aromatic carbocycles. The first-order valence-electron chi connectivity index (χ1n) is 11.3. The zero-order valence-electron chi connectivity index (χ0n) is 18.4. The van der Waals surface area contributed by atoms with Gasteiger partial charge in [0.15, 0.2) is 6.61 Å². The molecule has 0 heterocycles. The number of benzene rings is 3. The maximum absolute atomic E-state index is 11.5. The lowest BCUT2D eigenvalue weighted by atomic mass is 9.97. The highest BCUT2D eigenvalue weighted by atomic mass is 16.6. The van der Waals surface area contributed by atoms with Gasteiger partial charge >= 0.3 is 5.97 Å². The Hall–Kier alpha value is -3.01. The predicted molar refractivity (Wildman–Crippen MR) is 126 cm³/mol. The monoisotopic (exact) mass is 417 g/mol. The molecule has 2 unspecified atom stereocenters. The van der Waals surface area contributed by atoms with E-state index in [2.05, 4.69) is 66.4 Å². The van der Waals surface area contributed by atoms with Crippen molar-refractivity contribution in [1.29, 1.82) is 0 Å². The molecule has 0 spiro atoms. The van der Waals surface area contributed by atoms with Crippen molar-refractivity contribution in [1.82, 2.24) is 0 Å². The van der Waals surface area contributed by atoms with Crippen molar-refractivity contribution >= 4 is 22.4 Å². The van der Waals surface area contributed by atoms with Gasteiger partial charge in [-0.2, -0.15) is 0 Å². The molecule has 4 nitrogen and oxygen atoms in total. The van der Waals surface area contributed by atoms with Crippen LogP contribution < -0.4 is 9.64 Å². The number of ether oxygens (including phenoxy) is 2. The molecule has 3 aromatic rings. The standard InChI is InChI=1S/C27H31NO3/c1-3-28(24-13-9-20-7-5-6-8-22(20)17-24)25-14-10-23(18-25)21-11-15-26(16-12-21)31-19-27(29)30-4-2/h5-9,11-13,15-17,23,25H,3-4,10,14,18-19H2,1-2H3. The second-order valence-electron chi connectivity index (χ2n) is 8.14. The smallest absolute Gasteiger partial charge is 0.344 e. The number of esters is 1. The van der Waals surface area contributed by atoms with E-state index in [0.29, 0.717) is 24.3 Å². The number of carbonyl (C=O) groups is 1. The van der Waals surface area contributed by atoms with Crippen LogP contribution in [0.1, 0.15) is 44.6 Å². The van der Waals surface area contributed by atoms with E-state index in [1.54, 1.807) is 6.92 Å². The fraction of sp³-hybridized carbons (Fsp3) is 0.370. The topological polar surface area (TPSA) is 38.8 Å². The Balaban J connectivity index is 1.40. The minimum Gasteiger partial charge on any atom is -0.482 e. The van der Waals surface area contributed by atoms with Crippen LogP contribution in [0.15, 0.2) is 66.7 Å². The molecule has 31 heavy (non-hydrogen) atoms. The van der Waals surface area contributed by atoms with Crippen molar-refractivity contribution in [3.8, 4) is 5.75 Å². The molecule has 1 fully saturated rings. The Labute approximate surface area is 184 Å². The van der Waals surface area contributed by atoms with Gasteiger partial charge in [-0.3, -0.25) is 0 Å². The van der Waals surface area contributed by atoms with Crippen molar-refractivity contribution in [2.45, 2.75) is 45.1 Å². The molecule has 1 aliphatic rings. The van der Waals surface area contributed by atoms with E-state index >= 15 is 0 Å². The molecule has 4 rings (SSSR count). The fourth-order valence-corrected chi connectivity index (χ4v) is 4.73. The zero-order chi connectivity index (χ0) is 21.6. The third-order valence-electron chi connectivity index (χ3n) is 6.26. The number of hydrogen-bond donors (Lipinski definition) is 0. The molecule has 162 valence electrons. The molecule has 1 aliphatic carbocycles. The lowest BCUT2D eigenvalue weighted by Gasteiger charge is -2.30. The van der Waals surface area contributed by atoms with E-state index in [-0.39, 0.29) is 12.6 Å². The summed E-state index contributed by atoms with van der Waals surface area (Å²) in [4.78, 5) is 14.0. The van der Waals surface area contributed by atoms with E-state index < -0.39 is 0 Å². The van der Waals surface area contributed by atoms with E-state index in [4.69, 9.17) is 9.47 Å². The summed E-state index contributed by atoms with van der Waals surface area (Å²) in [5, 5.41) is 2.59. The third-order valence-corrected chi connectivity index (χ3v) is 6.26. The molecule has 0 radical (unpaired) electrons. The van der Waals surface area contributed by atoms with Gasteiger partial charge < -0.3 is 14.4 Å². The molecular formula is C27H31NO3. The van der Waals surface area contributed by atoms with E-state index in [9.17, 15) is 4.79 Å². The van der Waals surface area contributed by atoms with Crippen LogP contribution in [0.4, 0.5) is 5.69 Å². The molecular weight excluding hydrogens is 386 g/mol. The number of hydrogen-bond acceptors (Lipinski definition) is 4. The summed E-state index contributed by atoms with van der Waals surface area (Å²) in [5.41, 5.74) is 2.66. The molecule has 0 saturated heterocycles. The highest BCUT2D eigenvalue weighted by Gasteiger charge is 2.30. The van der Waals surface area contributed by atoms with E-state index in [1.165, 1.54) is 34.9 Å². The number of rotatable bonds is 8. The lowest BCUT2D eigenvalue weighted by Crippen LogP contribution is -2.33. The fourth-order valence-electron chi connectivity index (χ4n) is 4.73. The summed E-state index contributed by atoms with van der Waals surface area (Å²) in [5.74, 6) is 0.926. The van der Waals surface area contributed by atoms with Crippen molar-refractivity contribution < 1.29 is 14.3 Å². The van der Waals surface area contributed by atoms with Gasteiger partial charge in [0.05, 0.1) is 6.61 Å². The summed E-state index contributed by atoms with van der Waals surface area (Å²) < 4.78 is 10.4. The lowest BCUT2D eigenvalue weighted by molar-refractivity contribution is -0.145. The van der Waals surface area contributed by atoms with Crippen LogP contribution >= 0.6 is 0 Å². The molecule has 2 atom stereocenters. The highest BCUT2D eigenvalue weighted by molar-refractivity contribution is 5.85. The molecule has 0 N–H and O–H groups in total. The maximum atomic E-state index is 11.5. The van der Waals surface area contributed by atoms with Gasteiger partial charge in [-0.05, 0) is 79.6 Å². The van der Waals surface area contributed by atoms with E-state index in [1.807, 2.05) is 12.1 Å². The Kier molecular flexibility index (Phi) is 6.76. The Morgan fingerprint density at radius 3 is 2.48 bits per heavy atom. The van der Waals surface area contributed by atoms with Crippen LogP contribution in [0.2, 0.25) is 0 Å². The summed E-state index contributed by atoms with van der Waals surface area (Å²) in [7, 11) is 0. The quantitative estimate of drug-likeness (QED) is 0.425. The first-order chi connectivity index (χ1) is 15.2. The molecule has 0 amide bonds. The van der Waals surface area contributed by atoms with Gasteiger partial charge in [0.25, 0.3) is 0 Å². The number of carbonyl (C=O) groups excluding carboxylic acids is 1. The predicted octanol–water partition coefficient (Wildman–Crippen LogP) is 5.94. The highest BCUT2D eigenvalue weighted by Crippen LogP contribution is 2.39. The van der Waals surface area contributed by atoms with Crippen molar-refractivity contribution in [2.75, 3.05) is 24.7 Å². The number of fused-ring (bicyclic) bond motifs is 1. The average Bonchev–Trinajstić information content (AvgIpc) is 3.28. The molecule has 0 aliphatic heterocycles. The largest absolute Gasteiger partial charge is 0.482 e. The van der Waals surface area contributed by atoms with Gasteiger partial charge in [0, 0.05) is 18.3 Å². The second kappa shape index (κ2) is 9.86. The minimum atomic E-state index is -0.335. The van der Waals surface area contributed by atoms with Crippen molar-refractivity contribution in [2.24, 2.45) is 0 Å².